The van der Waals surface area contributed by atoms with Crippen molar-refractivity contribution in [1.82, 2.24) is 15.1 Å². The van der Waals surface area contributed by atoms with Gasteiger partial charge in [0.25, 0.3) is 0 Å². The zero-order chi connectivity index (χ0) is 11.2. The van der Waals surface area contributed by atoms with Crippen LogP contribution >= 0.6 is 0 Å². The van der Waals surface area contributed by atoms with E-state index in [0.717, 1.165) is 5.92 Å². The van der Waals surface area contributed by atoms with Crippen LogP contribution in [0.1, 0.15) is 26.2 Å². The Morgan fingerprint density at radius 3 is 2.06 bits per heavy atom. The lowest BCUT2D eigenvalue weighted by Gasteiger charge is -2.33. The average Bonchev–Trinajstić information content (AvgIpc) is 2.31. The van der Waals surface area contributed by atoms with Crippen LogP contribution in [-0.4, -0.2) is 62.2 Å². The minimum atomic E-state index is 0.830. The summed E-state index contributed by atoms with van der Waals surface area (Å²) in [5, 5.41) is 3.42. The van der Waals surface area contributed by atoms with Crippen molar-refractivity contribution < 1.29 is 0 Å². The molecular formula is C13H27N3. The lowest BCUT2D eigenvalue weighted by atomic mass is 10.1. The smallest absolute Gasteiger partial charge is 0.0107 e. The van der Waals surface area contributed by atoms with Crippen molar-refractivity contribution in [1.29, 1.82) is 0 Å². The van der Waals surface area contributed by atoms with Gasteiger partial charge in [-0.05, 0) is 31.8 Å². The first-order valence-corrected chi connectivity index (χ1v) is 7.00. The molecule has 0 spiro atoms. The van der Waals surface area contributed by atoms with Gasteiger partial charge in [-0.1, -0.05) is 13.3 Å². The lowest BCUT2D eigenvalue weighted by molar-refractivity contribution is 0.156. The van der Waals surface area contributed by atoms with Crippen LogP contribution < -0.4 is 5.32 Å². The van der Waals surface area contributed by atoms with Gasteiger partial charge in [0.15, 0.2) is 0 Å². The van der Waals surface area contributed by atoms with Crippen molar-refractivity contribution in [2.24, 2.45) is 5.92 Å². The highest BCUT2D eigenvalue weighted by Crippen LogP contribution is 2.11. The second-order valence-electron chi connectivity index (χ2n) is 5.52. The fraction of sp³-hybridized carbons (Fsp3) is 1.00. The van der Waals surface area contributed by atoms with Gasteiger partial charge in [-0.3, -0.25) is 0 Å². The highest BCUT2D eigenvalue weighted by molar-refractivity contribution is 4.73. The largest absolute Gasteiger partial charge is 0.314 e. The summed E-state index contributed by atoms with van der Waals surface area (Å²) in [5.41, 5.74) is 0. The van der Waals surface area contributed by atoms with E-state index in [0.29, 0.717) is 0 Å². The second-order valence-corrected chi connectivity index (χ2v) is 5.52. The van der Waals surface area contributed by atoms with Gasteiger partial charge in [0, 0.05) is 39.3 Å². The Balaban J connectivity index is 1.64. The molecule has 0 aliphatic carbocycles. The van der Waals surface area contributed by atoms with Crippen LogP contribution in [0.2, 0.25) is 0 Å². The Labute approximate surface area is 100 Å². The highest BCUT2D eigenvalue weighted by Gasteiger charge is 2.16. The molecule has 3 nitrogen and oxygen atoms in total. The molecule has 0 saturated carbocycles. The fourth-order valence-corrected chi connectivity index (χ4v) is 2.97. The van der Waals surface area contributed by atoms with Crippen LogP contribution in [0, 0.1) is 5.92 Å². The summed E-state index contributed by atoms with van der Waals surface area (Å²) in [6.45, 7) is 12.5. The molecule has 0 aromatic carbocycles. The van der Waals surface area contributed by atoms with E-state index in [1.165, 1.54) is 71.6 Å². The summed E-state index contributed by atoms with van der Waals surface area (Å²) in [4.78, 5) is 5.28. The minimum Gasteiger partial charge on any atom is -0.314 e. The number of hydrogen-bond donors (Lipinski definition) is 1. The third-order valence-electron chi connectivity index (χ3n) is 3.80. The lowest BCUT2D eigenvalue weighted by Crippen LogP contribution is -2.46. The van der Waals surface area contributed by atoms with Gasteiger partial charge < -0.3 is 15.1 Å². The Bertz CT molecular complexity index is 164. The molecule has 2 rings (SSSR count). The maximum atomic E-state index is 3.42. The van der Waals surface area contributed by atoms with E-state index in [1.807, 2.05) is 0 Å². The van der Waals surface area contributed by atoms with Crippen LogP contribution in [-0.2, 0) is 0 Å². The standard InChI is InChI=1S/C13H27N3/c1-13(11-15-7-3-2-4-8-15)12-16-9-5-14-6-10-16/h13-14H,2-12H2,1H3. The molecule has 2 fully saturated rings. The summed E-state index contributed by atoms with van der Waals surface area (Å²) in [6.07, 6.45) is 4.28. The molecule has 3 heteroatoms. The molecule has 0 amide bonds. The third-order valence-corrected chi connectivity index (χ3v) is 3.80. The molecule has 0 radical (unpaired) electrons. The van der Waals surface area contributed by atoms with E-state index < -0.39 is 0 Å². The molecule has 16 heavy (non-hydrogen) atoms. The number of nitrogens with one attached hydrogen (secondary N) is 1. The predicted molar refractivity (Wildman–Crippen MR) is 68.8 cm³/mol. The van der Waals surface area contributed by atoms with Gasteiger partial charge in [0.05, 0.1) is 0 Å². The number of rotatable bonds is 4. The molecule has 1 unspecified atom stereocenters. The number of piperazine rings is 1. The number of likely N-dealkylation sites (tertiary alicyclic amines) is 1. The summed E-state index contributed by atoms with van der Waals surface area (Å²) in [6, 6.07) is 0. The highest BCUT2D eigenvalue weighted by atomic mass is 15.2. The van der Waals surface area contributed by atoms with E-state index in [4.69, 9.17) is 0 Å². The van der Waals surface area contributed by atoms with E-state index >= 15 is 0 Å². The number of nitrogens with zero attached hydrogens (tertiary/aromatic N) is 2. The minimum absolute atomic E-state index is 0.830. The number of hydrogen-bond acceptors (Lipinski definition) is 3. The second kappa shape index (κ2) is 6.58. The third kappa shape index (κ3) is 4.04. The molecule has 2 aliphatic rings. The molecule has 2 aliphatic heterocycles. The van der Waals surface area contributed by atoms with Gasteiger partial charge in [-0.15, -0.1) is 0 Å². The van der Waals surface area contributed by atoms with E-state index in [-0.39, 0.29) is 0 Å². The van der Waals surface area contributed by atoms with Crippen LogP contribution in [0.3, 0.4) is 0 Å². The van der Waals surface area contributed by atoms with Gasteiger partial charge in [-0.25, -0.2) is 0 Å². The van der Waals surface area contributed by atoms with E-state index in [9.17, 15) is 0 Å². The van der Waals surface area contributed by atoms with Crippen LogP contribution in [0.4, 0.5) is 0 Å². The maximum absolute atomic E-state index is 3.42. The molecular weight excluding hydrogens is 198 g/mol. The average molecular weight is 225 g/mol. The van der Waals surface area contributed by atoms with E-state index in [2.05, 4.69) is 22.0 Å². The topological polar surface area (TPSA) is 18.5 Å². The Morgan fingerprint density at radius 2 is 1.44 bits per heavy atom. The molecule has 1 N–H and O–H groups in total. The molecule has 1 atom stereocenters. The van der Waals surface area contributed by atoms with Crippen LogP contribution in [0.15, 0.2) is 0 Å². The summed E-state index contributed by atoms with van der Waals surface area (Å²) in [7, 11) is 0. The summed E-state index contributed by atoms with van der Waals surface area (Å²) >= 11 is 0. The molecule has 2 saturated heterocycles. The summed E-state index contributed by atoms with van der Waals surface area (Å²) < 4.78 is 0. The fourth-order valence-electron chi connectivity index (χ4n) is 2.97. The Kier molecular flexibility index (Phi) is 5.07. The molecule has 94 valence electrons. The van der Waals surface area contributed by atoms with Gasteiger partial charge in [-0.2, -0.15) is 0 Å². The molecule has 2 heterocycles. The predicted octanol–water partition coefficient (Wildman–Crippen LogP) is 1.01. The van der Waals surface area contributed by atoms with Gasteiger partial charge >= 0.3 is 0 Å². The number of piperidine rings is 1. The van der Waals surface area contributed by atoms with Gasteiger partial charge in [0.2, 0.25) is 0 Å². The normalized spacial score (nSPS) is 26.8. The first-order valence-electron chi connectivity index (χ1n) is 7.00. The zero-order valence-electron chi connectivity index (χ0n) is 10.7. The SMILES string of the molecule is CC(CN1CCCCC1)CN1CCNCC1. The maximum Gasteiger partial charge on any atom is 0.0107 e. The van der Waals surface area contributed by atoms with Crippen molar-refractivity contribution in [2.45, 2.75) is 26.2 Å². The first kappa shape index (κ1) is 12.3. The van der Waals surface area contributed by atoms with Crippen LogP contribution in [0.25, 0.3) is 0 Å². The zero-order valence-corrected chi connectivity index (χ0v) is 10.7. The van der Waals surface area contributed by atoms with Crippen molar-refractivity contribution in [3.63, 3.8) is 0 Å². The molecule has 0 bridgehead atoms. The van der Waals surface area contributed by atoms with E-state index in [1.54, 1.807) is 0 Å². The first-order chi connectivity index (χ1) is 7.84. The van der Waals surface area contributed by atoms with Crippen LogP contribution in [0.5, 0.6) is 0 Å². The monoisotopic (exact) mass is 225 g/mol. The summed E-state index contributed by atoms with van der Waals surface area (Å²) in [5.74, 6) is 0.830. The van der Waals surface area contributed by atoms with Crippen molar-refractivity contribution >= 4 is 0 Å². The Morgan fingerprint density at radius 1 is 0.875 bits per heavy atom. The van der Waals surface area contributed by atoms with Crippen molar-refractivity contribution in [3.05, 3.63) is 0 Å². The molecule has 0 aromatic rings. The van der Waals surface area contributed by atoms with Gasteiger partial charge in [0.1, 0.15) is 0 Å². The molecule has 0 aromatic heterocycles. The van der Waals surface area contributed by atoms with Crippen molar-refractivity contribution in [3.8, 4) is 0 Å². The Hall–Kier alpha value is -0.120. The quantitative estimate of drug-likeness (QED) is 0.770. The van der Waals surface area contributed by atoms with Crippen molar-refractivity contribution in [2.75, 3.05) is 52.4 Å².